The first-order chi connectivity index (χ1) is 10.3. The van der Waals surface area contributed by atoms with Crippen LogP contribution in [0, 0.1) is 0 Å². The Labute approximate surface area is 122 Å². The first kappa shape index (κ1) is 12.0. The number of furan rings is 1. The standard InChI is InChI=1S/C17H15N3O/c1-20-13(8-9-19-20)11-18-12-6-7-17-15(10-12)14-4-2-3-5-16(14)21-17/h2-10,18H,11H2,1H3. The number of para-hydroxylation sites is 1. The number of hydrogen-bond acceptors (Lipinski definition) is 3. The van der Waals surface area contributed by atoms with E-state index >= 15 is 0 Å². The molecule has 4 rings (SSSR count). The molecule has 0 amide bonds. The van der Waals surface area contributed by atoms with Crippen LogP contribution in [0.25, 0.3) is 21.9 Å². The average Bonchev–Trinajstić information content (AvgIpc) is 3.08. The molecule has 2 aromatic heterocycles. The van der Waals surface area contributed by atoms with E-state index in [2.05, 4.69) is 22.5 Å². The van der Waals surface area contributed by atoms with Crippen LogP contribution < -0.4 is 5.32 Å². The van der Waals surface area contributed by atoms with Crippen LogP contribution in [0.3, 0.4) is 0 Å². The predicted molar refractivity (Wildman–Crippen MR) is 84.3 cm³/mol. The van der Waals surface area contributed by atoms with Gasteiger partial charge in [0.25, 0.3) is 0 Å². The minimum atomic E-state index is 0.748. The normalized spacial score (nSPS) is 11.3. The van der Waals surface area contributed by atoms with Gasteiger partial charge in [0, 0.05) is 29.7 Å². The van der Waals surface area contributed by atoms with Gasteiger partial charge >= 0.3 is 0 Å². The highest BCUT2D eigenvalue weighted by atomic mass is 16.3. The third kappa shape index (κ3) is 2.05. The van der Waals surface area contributed by atoms with Gasteiger partial charge in [-0.15, -0.1) is 0 Å². The molecule has 21 heavy (non-hydrogen) atoms. The Balaban J connectivity index is 1.69. The fourth-order valence-electron chi connectivity index (χ4n) is 2.60. The van der Waals surface area contributed by atoms with Gasteiger partial charge < -0.3 is 9.73 Å². The fraction of sp³-hybridized carbons (Fsp3) is 0.118. The van der Waals surface area contributed by atoms with Gasteiger partial charge in [-0.2, -0.15) is 5.10 Å². The van der Waals surface area contributed by atoms with E-state index in [-0.39, 0.29) is 0 Å². The van der Waals surface area contributed by atoms with Crippen LogP contribution in [-0.2, 0) is 13.6 Å². The Kier molecular flexibility index (Phi) is 2.67. The lowest BCUT2D eigenvalue weighted by molar-refractivity contribution is 0.669. The smallest absolute Gasteiger partial charge is 0.135 e. The molecule has 4 aromatic rings. The Morgan fingerprint density at radius 2 is 1.90 bits per heavy atom. The molecule has 0 saturated heterocycles. The van der Waals surface area contributed by atoms with Crippen LogP contribution >= 0.6 is 0 Å². The maximum absolute atomic E-state index is 5.84. The van der Waals surface area contributed by atoms with E-state index in [1.54, 1.807) is 0 Å². The summed E-state index contributed by atoms with van der Waals surface area (Å²) in [6.07, 6.45) is 1.81. The van der Waals surface area contributed by atoms with Crippen LogP contribution in [-0.4, -0.2) is 9.78 Å². The summed E-state index contributed by atoms with van der Waals surface area (Å²) in [5, 5.41) is 9.89. The zero-order valence-corrected chi connectivity index (χ0v) is 11.7. The first-order valence-corrected chi connectivity index (χ1v) is 6.93. The Morgan fingerprint density at radius 3 is 2.76 bits per heavy atom. The molecule has 2 heterocycles. The summed E-state index contributed by atoms with van der Waals surface area (Å²) in [7, 11) is 1.95. The van der Waals surface area contributed by atoms with E-state index in [0.29, 0.717) is 0 Å². The number of anilines is 1. The molecule has 0 atom stereocenters. The maximum atomic E-state index is 5.84. The zero-order valence-electron chi connectivity index (χ0n) is 11.7. The molecule has 104 valence electrons. The second kappa shape index (κ2) is 4.66. The summed E-state index contributed by atoms with van der Waals surface area (Å²) in [6, 6.07) is 16.3. The van der Waals surface area contributed by atoms with Crippen molar-refractivity contribution in [1.82, 2.24) is 9.78 Å². The second-order valence-corrected chi connectivity index (χ2v) is 5.11. The Bertz CT molecular complexity index is 920. The van der Waals surface area contributed by atoms with Crippen molar-refractivity contribution < 1.29 is 4.42 Å². The number of aromatic nitrogens is 2. The monoisotopic (exact) mass is 277 g/mol. The fourth-order valence-corrected chi connectivity index (χ4v) is 2.60. The van der Waals surface area contributed by atoms with E-state index in [1.165, 1.54) is 0 Å². The molecular formula is C17H15N3O. The molecule has 0 spiro atoms. The molecule has 0 radical (unpaired) electrons. The molecule has 0 aliphatic carbocycles. The molecule has 1 N–H and O–H groups in total. The third-order valence-corrected chi connectivity index (χ3v) is 3.77. The topological polar surface area (TPSA) is 43.0 Å². The number of aryl methyl sites for hydroxylation is 1. The lowest BCUT2D eigenvalue weighted by Crippen LogP contribution is -2.05. The van der Waals surface area contributed by atoms with Gasteiger partial charge in [-0.1, -0.05) is 18.2 Å². The number of fused-ring (bicyclic) bond motifs is 3. The van der Waals surface area contributed by atoms with Crippen molar-refractivity contribution in [2.75, 3.05) is 5.32 Å². The molecule has 0 aliphatic heterocycles. The van der Waals surface area contributed by atoms with Gasteiger partial charge in [-0.05, 0) is 30.3 Å². The summed E-state index contributed by atoms with van der Waals surface area (Å²) in [5.41, 5.74) is 4.07. The highest BCUT2D eigenvalue weighted by molar-refractivity contribution is 6.05. The number of hydrogen-bond donors (Lipinski definition) is 1. The quantitative estimate of drug-likeness (QED) is 0.617. The lowest BCUT2D eigenvalue weighted by Gasteiger charge is -2.06. The Morgan fingerprint density at radius 1 is 1.05 bits per heavy atom. The highest BCUT2D eigenvalue weighted by Gasteiger charge is 2.07. The van der Waals surface area contributed by atoms with Crippen molar-refractivity contribution in [1.29, 1.82) is 0 Å². The number of rotatable bonds is 3. The van der Waals surface area contributed by atoms with Crippen molar-refractivity contribution in [3.8, 4) is 0 Å². The van der Waals surface area contributed by atoms with Crippen LogP contribution in [0.1, 0.15) is 5.69 Å². The first-order valence-electron chi connectivity index (χ1n) is 6.93. The van der Waals surface area contributed by atoms with Crippen molar-refractivity contribution in [2.24, 2.45) is 7.05 Å². The zero-order chi connectivity index (χ0) is 14.2. The molecule has 0 unspecified atom stereocenters. The van der Waals surface area contributed by atoms with Crippen LogP contribution in [0.4, 0.5) is 5.69 Å². The second-order valence-electron chi connectivity index (χ2n) is 5.11. The Hall–Kier alpha value is -2.75. The summed E-state index contributed by atoms with van der Waals surface area (Å²) in [5.74, 6) is 0. The maximum Gasteiger partial charge on any atom is 0.135 e. The molecule has 0 saturated carbocycles. The van der Waals surface area contributed by atoms with Gasteiger partial charge in [0.05, 0.1) is 12.2 Å². The molecule has 0 fully saturated rings. The number of nitrogens with zero attached hydrogens (tertiary/aromatic N) is 2. The van der Waals surface area contributed by atoms with Crippen LogP contribution in [0.5, 0.6) is 0 Å². The van der Waals surface area contributed by atoms with Crippen molar-refractivity contribution >= 4 is 27.6 Å². The molecule has 4 nitrogen and oxygen atoms in total. The van der Waals surface area contributed by atoms with E-state index < -0.39 is 0 Å². The van der Waals surface area contributed by atoms with E-state index in [1.807, 2.05) is 54.3 Å². The molecular weight excluding hydrogens is 262 g/mol. The van der Waals surface area contributed by atoms with Crippen molar-refractivity contribution in [3.63, 3.8) is 0 Å². The number of nitrogens with one attached hydrogen (secondary N) is 1. The van der Waals surface area contributed by atoms with E-state index in [9.17, 15) is 0 Å². The van der Waals surface area contributed by atoms with E-state index in [4.69, 9.17) is 4.42 Å². The highest BCUT2D eigenvalue weighted by Crippen LogP contribution is 2.30. The van der Waals surface area contributed by atoms with Gasteiger partial charge in [-0.3, -0.25) is 4.68 Å². The molecule has 4 heteroatoms. The van der Waals surface area contributed by atoms with Gasteiger partial charge in [0.15, 0.2) is 0 Å². The molecule has 0 aliphatic rings. The molecule has 0 bridgehead atoms. The average molecular weight is 277 g/mol. The van der Waals surface area contributed by atoms with Gasteiger partial charge in [0.1, 0.15) is 11.2 Å². The van der Waals surface area contributed by atoms with Crippen LogP contribution in [0.2, 0.25) is 0 Å². The third-order valence-electron chi connectivity index (χ3n) is 3.77. The van der Waals surface area contributed by atoms with Crippen LogP contribution in [0.15, 0.2) is 59.1 Å². The van der Waals surface area contributed by atoms with E-state index in [0.717, 1.165) is 39.9 Å². The lowest BCUT2D eigenvalue weighted by atomic mass is 10.1. The minimum absolute atomic E-state index is 0.748. The SMILES string of the molecule is Cn1nccc1CNc1ccc2oc3ccccc3c2c1. The summed E-state index contributed by atoms with van der Waals surface area (Å²) < 4.78 is 7.71. The van der Waals surface area contributed by atoms with Gasteiger partial charge in [0.2, 0.25) is 0 Å². The van der Waals surface area contributed by atoms with Crippen molar-refractivity contribution in [2.45, 2.75) is 6.54 Å². The molecule has 2 aromatic carbocycles. The summed E-state index contributed by atoms with van der Waals surface area (Å²) in [6.45, 7) is 0.748. The number of benzene rings is 2. The van der Waals surface area contributed by atoms with Crippen molar-refractivity contribution in [3.05, 3.63) is 60.4 Å². The largest absolute Gasteiger partial charge is 0.456 e. The summed E-state index contributed by atoms with van der Waals surface area (Å²) >= 11 is 0. The van der Waals surface area contributed by atoms with Gasteiger partial charge in [-0.25, -0.2) is 0 Å². The summed E-state index contributed by atoms with van der Waals surface area (Å²) in [4.78, 5) is 0. The minimum Gasteiger partial charge on any atom is -0.456 e. The predicted octanol–water partition coefficient (Wildman–Crippen LogP) is 3.93.